The first kappa shape index (κ1) is 18.4. The van der Waals surface area contributed by atoms with Gasteiger partial charge in [-0.25, -0.2) is 4.68 Å². The number of carbonyl (C=O) groups excluding carboxylic acids is 2. The highest BCUT2D eigenvalue weighted by molar-refractivity contribution is 5.93. The molecule has 6 nitrogen and oxygen atoms in total. The number of para-hydroxylation sites is 1. The molecule has 0 aliphatic heterocycles. The lowest BCUT2D eigenvalue weighted by atomic mass is 9.49. The standard InChI is InChI=1S/C23H28N4O2/c1-15-7-20(26-27(15)19-5-3-2-4-6-19)22(29)25-24-21(28)14-23-11-16-8-17(12-23)10-18(9-16)13-23/h2-7,16-18H,8-14H2,1H3,(H,24,28)(H,25,29). The molecule has 4 bridgehead atoms. The van der Waals surface area contributed by atoms with Crippen molar-refractivity contribution in [2.45, 2.75) is 51.9 Å². The molecule has 4 fully saturated rings. The second kappa shape index (κ2) is 7.01. The molecule has 0 saturated heterocycles. The van der Waals surface area contributed by atoms with E-state index in [4.69, 9.17) is 0 Å². The van der Waals surface area contributed by atoms with Crippen LogP contribution in [0, 0.1) is 30.1 Å². The number of carbonyl (C=O) groups is 2. The van der Waals surface area contributed by atoms with Crippen molar-refractivity contribution < 1.29 is 9.59 Å². The van der Waals surface area contributed by atoms with Crippen LogP contribution in [0.25, 0.3) is 5.69 Å². The fourth-order valence-corrected chi connectivity index (χ4v) is 6.50. The second-order valence-electron chi connectivity index (χ2n) is 9.51. The third-order valence-corrected chi connectivity index (χ3v) is 7.14. The van der Waals surface area contributed by atoms with Crippen LogP contribution in [-0.4, -0.2) is 21.6 Å². The van der Waals surface area contributed by atoms with E-state index in [-0.39, 0.29) is 17.2 Å². The van der Waals surface area contributed by atoms with Crippen LogP contribution >= 0.6 is 0 Å². The average Bonchev–Trinajstić information content (AvgIpc) is 3.07. The largest absolute Gasteiger partial charge is 0.290 e. The summed E-state index contributed by atoms with van der Waals surface area (Å²) in [7, 11) is 0. The van der Waals surface area contributed by atoms with Gasteiger partial charge in [0.05, 0.1) is 5.69 Å². The fourth-order valence-electron chi connectivity index (χ4n) is 6.50. The first-order valence-electron chi connectivity index (χ1n) is 10.7. The number of hydrogen-bond donors (Lipinski definition) is 2. The number of amides is 2. The number of hydrogen-bond acceptors (Lipinski definition) is 3. The fraction of sp³-hybridized carbons (Fsp3) is 0.522. The zero-order valence-corrected chi connectivity index (χ0v) is 16.9. The zero-order chi connectivity index (χ0) is 20.0. The number of benzene rings is 1. The molecule has 1 heterocycles. The normalized spacial score (nSPS) is 29.6. The molecule has 4 aliphatic carbocycles. The molecule has 6 rings (SSSR count). The average molecular weight is 393 g/mol. The van der Waals surface area contributed by atoms with Gasteiger partial charge in [0, 0.05) is 12.1 Å². The summed E-state index contributed by atoms with van der Waals surface area (Å²) in [6.45, 7) is 1.91. The number of aromatic nitrogens is 2. The molecule has 1 aromatic heterocycles. The summed E-state index contributed by atoms with van der Waals surface area (Å²) in [5.74, 6) is 1.97. The van der Waals surface area contributed by atoms with Crippen molar-refractivity contribution in [2.75, 3.05) is 0 Å². The molecule has 2 N–H and O–H groups in total. The van der Waals surface area contributed by atoms with E-state index in [1.807, 2.05) is 37.3 Å². The third-order valence-electron chi connectivity index (χ3n) is 7.14. The van der Waals surface area contributed by atoms with E-state index in [0.717, 1.165) is 29.1 Å². The van der Waals surface area contributed by atoms with Gasteiger partial charge in [-0.1, -0.05) is 18.2 Å². The molecular formula is C23H28N4O2. The highest BCUT2D eigenvalue weighted by Gasteiger charge is 2.51. The molecule has 0 radical (unpaired) electrons. The van der Waals surface area contributed by atoms with Gasteiger partial charge in [0.15, 0.2) is 5.69 Å². The number of aryl methyl sites for hydroxylation is 1. The first-order valence-corrected chi connectivity index (χ1v) is 10.7. The lowest BCUT2D eigenvalue weighted by Gasteiger charge is -2.56. The molecule has 4 aliphatic rings. The molecule has 0 spiro atoms. The lowest BCUT2D eigenvalue weighted by molar-refractivity contribution is -0.130. The molecule has 6 heteroatoms. The van der Waals surface area contributed by atoms with E-state index in [0.29, 0.717) is 12.1 Å². The van der Waals surface area contributed by atoms with Crippen molar-refractivity contribution in [1.82, 2.24) is 20.6 Å². The van der Waals surface area contributed by atoms with E-state index < -0.39 is 0 Å². The quantitative estimate of drug-likeness (QED) is 0.782. The predicted octanol–water partition coefficient (Wildman–Crippen LogP) is 3.55. The van der Waals surface area contributed by atoms with Crippen LogP contribution in [0.4, 0.5) is 0 Å². The number of nitrogens with zero attached hydrogens (tertiary/aromatic N) is 2. The Balaban J connectivity index is 1.20. The van der Waals surface area contributed by atoms with Gasteiger partial charge < -0.3 is 0 Å². The van der Waals surface area contributed by atoms with Crippen molar-refractivity contribution in [3.05, 3.63) is 47.8 Å². The summed E-state index contributed by atoms with van der Waals surface area (Å²) in [6, 6.07) is 11.4. The minimum Gasteiger partial charge on any atom is -0.273 e. The number of nitrogens with one attached hydrogen (secondary N) is 2. The maximum atomic E-state index is 12.6. The maximum Gasteiger partial charge on any atom is 0.290 e. The Labute approximate surface area is 171 Å². The molecule has 1 aromatic carbocycles. The van der Waals surface area contributed by atoms with E-state index in [9.17, 15) is 9.59 Å². The molecule has 2 aromatic rings. The maximum absolute atomic E-state index is 12.6. The topological polar surface area (TPSA) is 76.0 Å². The van der Waals surface area contributed by atoms with E-state index in [1.54, 1.807) is 10.7 Å². The summed E-state index contributed by atoms with van der Waals surface area (Å²) < 4.78 is 1.73. The van der Waals surface area contributed by atoms with Crippen LogP contribution < -0.4 is 10.9 Å². The van der Waals surface area contributed by atoms with Gasteiger partial charge in [0.25, 0.3) is 5.91 Å². The summed E-state index contributed by atoms with van der Waals surface area (Å²) >= 11 is 0. The van der Waals surface area contributed by atoms with Crippen LogP contribution in [0.3, 0.4) is 0 Å². The Hall–Kier alpha value is -2.63. The summed E-state index contributed by atoms with van der Waals surface area (Å²) in [5.41, 5.74) is 7.41. The summed E-state index contributed by atoms with van der Waals surface area (Å²) in [6.07, 6.45) is 8.15. The third kappa shape index (κ3) is 3.56. The minimum atomic E-state index is -0.387. The molecule has 29 heavy (non-hydrogen) atoms. The van der Waals surface area contributed by atoms with E-state index in [1.165, 1.54) is 38.5 Å². The van der Waals surface area contributed by atoms with Crippen molar-refractivity contribution in [2.24, 2.45) is 23.2 Å². The van der Waals surface area contributed by atoms with Gasteiger partial charge in [-0.2, -0.15) is 5.10 Å². The van der Waals surface area contributed by atoms with Crippen molar-refractivity contribution in [1.29, 1.82) is 0 Å². The minimum absolute atomic E-state index is 0.0838. The molecule has 0 unspecified atom stereocenters. The van der Waals surface area contributed by atoms with Crippen LogP contribution in [0.2, 0.25) is 0 Å². The van der Waals surface area contributed by atoms with Gasteiger partial charge in [-0.3, -0.25) is 20.4 Å². The van der Waals surface area contributed by atoms with Crippen molar-refractivity contribution in [3.8, 4) is 5.69 Å². The van der Waals surface area contributed by atoms with Gasteiger partial charge in [-0.15, -0.1) is 0 Å². The monoisotopic (exact) mass is 392 g/mol. The molecule has 2 amide bonds. The smallest absolute Gasteiger partial charge is 0.273 e. The number of hydrazine groups is 1. The van der Waals surface area contributed by atoms with Crippen LogP contribution in [0.1, 0.15) is 61.1 Å². The summed E-state index contributed by atoms with van der Waals surface area (Å²) in [5, 5.41) is 4.39. The van der Waals surface area contributed by atoms with Gasteiger partial charge in [-0.05, 0) is 86.8 Å². The van der Waals surface area contributed by atoms with Crippen LogP contribution in [0.15, 0.2) is 36.4 Å². The van der Waals surface area contributed by atoms with E-state index in [2.05, 4.69) is 16.0 Å². The van der Waals surface area contributed by atoms with Crippen LogP contribution in [-0.2, 0) is 4.79 Å². The summed E-state index contributed by atoms with van der Waals surface area (Å²) in [4.78, 5) is 25.1. The Morgan fingerprint density at radius 2 is 1.66 bits per heavy atom. The van der Waals surface area contributed by atoms with Gasteiger partial charge in [0.2, 0.25) is 5.91 Å². The highest BCUT2D eigenvalue weighted by Crippen LogP contribution is 2.61. The Morgan fingerprint density at radius 3 is 2.28 bits per heavy atom. The lowest BCUT2D eigenvalue weighted by Crippen LogP contribution is -2.50. The molecular weight excluding hydrogens is 364 g/mol. The Morgan fingerprint density at radius 1 is 1.03 bits per heavy atom. The molecule has 0 atom stereocenters. The Kier molecular flexibility index (Phi) is 4.45. The van der Waals surface area contributed by atoms with Crippen molar-refractivity contribution in [3.63, 3.8) is 0 Å². The van der Waals surface area contributed by atoms with Gasteiger partial charge >= 0.3 is 0 Å². The number of rotatable bonds is 4. The van der Waals surface area contributed by atoms with Crippen LogP contribution in [0.5, 0.6) is 0 Å². The SMILES string of the molecule is Cc1cc(C(=O)NNC(=O)CC23CC4CC(CC(C4)C2)C3)nn1-c1ccccc1. The first-order chi connectivity index (χ1) is 14.0. The highest BCUT2D eigenvalue weighted by atomic mass is 16.2. The molecule has 152 valence electrons. The molecule has 4 saturated carbocycles. The van der Waals surface area contributed by atoms with Crippen molar-refractivity contribution >= 4 is 11.8 Å². The second-order valence-corrected chi connectivity index (χ2v) is 9.51. The Bertz CT molecular complexity index is 898. The van der Waals surface area contributed by atoms with Gasteiger partial charge in [0.1, 0.15) is 0 Å². The predicted molar refractivity (Wildman–Crippen MR) is 109 cm³/mol. The van der Waals surface area contributed by atoms with E-state index >= 15 is 0 Å². The zero-order valence-electron chi connectivity index (χ0n) is 16.9.